The smallest absolute Gasteiger partial charge is 0.227 e. The first kappa shape index (κ1) is 13.4. The van der Waals surface area contributed by atoms with Crippen molar-refractivity contribution in [2.45, 2.75) is 57.9 Å². The maximum atomic E-state index is 12.8. The molecule has 2 saturated heterocycles. The molecular weight excluding hydrogens is 236 g/mol. The first-order valence-corrected chi connectivity index (χ1v) is 8.28. The average molecular weight is 264 g/mol. The van der Waals surface area contributed by atoms with Gasteiger partial charge in [0, 0.05) is 19.1 Å². The highest BCUT2D eigenvalue weighted by Crippen LogP contribution is 2.39. The Morgan fingerprint density at radius 1 is 1.11 bits per heavy atom. The Hall–Kier alpha value is -0.570. The van der Waals surface area contributed by atoms with Crippen molar-refractivity contribution in [2.75, 3.05) is 19.6 Å². The topological polar surface area (TPSA) is 32.3 Å². The van der Waals surface area contributed by atoms with Crippen molar-refractivity contribution in [1.29, 1.82) is 0 Å². The minimum atomic E-state index is 0.254. The fraction of sp³-hybridized carbons (Fsp3) is 0.938. The summed E-state index contributed by atoms with van der Waals surface area (Å²) < 4.78 is 0. The third-order valence-corrected chi connectivity index (χ3v) is 5.67. The van der Waals surface area contributed by atoms with E-state index in [2.05, 4.69) is 17.1 Å². The molecule has 3 aliphatic rings. The van der Waals surface area contributed by atoms with Gasteiger partial charge >= 0.3 is 0 Å². The summed E-state index contributed by atoms with van der Waals surface area (Å²) in [5, 5.41) is 3.39. The molecule has 3 unspecified atom stereocenters. The summed E-state index contributed by atoms with van der Waals surface area (Å²) in [4.78, 5) is 15.1. The lowest BCUT2D eigenvalue weighted by Gasteiger charge is -2.48. The molecule has 1 N–H and O–H groups in total. The van der Waals surface area contributed by atoms with Gasteiger partial charge in [-0.1, -0.05) is 19.8 Å². The lowest BCUT2D eigenvalue weighted by atomic mass is 9.72. The number of nitrogens with one attached hydrogen (secondary N) is 1. The molecule has 2 heterocycles. The number of carbonyl (C=O) groups is 1. The zero-order valence-electron chi connectivity index (χ0n) is 12.2. The van der Waals surface area contributed by atoms with Gasteiger partial charge in [-0.3, -0.25) is 4.79 Å². The van der Waals surface area contributed by atoms with Gasteiger partial charge in [0.1, 0.15) is 0 Å². The van der Waals surface area contributed by atoms with Crippen LogP contribution in [-0.2, 0) is 4.79 Å². The van der Waals surface area contributed by atoms with E-state index in [0.717, 1.165) is 44.3 Å². The van der Waals surface area contributed by atoms with Crippen LogP contribution < -0.4 is 5.32 Å². The fourth-order valence-electron chi connectivity index (χ4n) is 4.48. The second-order valence-electron chi connectivity index (χ2n) is 6.86. The third kappa shape index (κ3) is 2.67. The molecule has 0 aromatic carbocycles. The van der Waals surface area contributed by atoms with Crippen molar-refractivity contribution in [2.24, 2.45) is 17.8 Å². The molecule has 0 aromatic rings. The number of nitrogens with zero attached hydrogens (tertiary/aromatic N) is 1. The SMILES string of the molecule is CC1CCN(C(=O)[C@H]2CCCNC2)C2CCCCC12. The molecule has 0 spiro atoms. The van der Waals surface area contributed by atoms with E-state index in [-0.39, 0.29) is 5.92 Å². The zero-order valence-corrected chi connectivity index (χ0v) is 12.2. The molecule has 3 fully saturated rings. The quantitative estimate of drug-likeness (QED) is 0.789. The van der Waals surface area contributed by atoms with Crippen LogP contribution in [0.25, 0.3) is 0 Å². The summed E-state index contributed by atoms with van der Waals surface area (Å²) in [7, 11) is 0. The van der Waals surface area contributed by atoms with Crippen LogP contribution in [0.5, 0.6) is 0 Å². The predicted molar refractivity (Wildman–Crippen MR) is 76.8 cm³/mol. The molecule has 1 amide bonds. The van der Waals surface area contributed by atoms with Gasteiger partial charge in [0.2, 0.25) is 5.91 Å². The number of rotatable bonds is 1. The molecule has 0 radical (unpaired) electrons. The maximum absolute atomic E-state index is 12.8. The van der Waals surface area contributed by atoms with Crippen LogP contribution in [0.4, 0.5) is 0 Å². The van der Waals surface area contributed by atoms with Crippen molar-refractivity contribution < 1.29 is 4.79 Å². The van der Waals surface area contributed by atoms with Gasteiger partial charge in [-0.25, -0.2) is 0 Å². The number of hydrogen-bond acceptors (Lipinski definition) is 2. The van der Waals surface area contributed by atoms with Gasteiger partial charge in [0.05, 0.1) is 5.92 Å². The van der Waals surface area contributed by atoms with Gasteiger partial charge in [0.15, 0.2) is 0 Å². The highest BCUT2D eigenvalue weighted by atomic mass is 16.2. The van der Waals surface area contributed by atoms with Crippen molar-refractivity contribution in [3.8, 4) is 0 Å². The molecule has 3 heteroatoms. The van der Waals surface area contributed by atoms with E-state index in [1.54, 1.807) is 0 Å². The lowest BCUT2D eigenvalue weighted by molar-refractivity contribution is -0.144. The average Bonchev–Trinajstić information content (AvgIpc) is 2.48. The minimum Gasteiger partial charge on any atom is -0.339 e. The Kier molecular flexibility index (Phi) is 4.11. The molecule has 4 atom stereocenters. The van der Waals surface area contributed by atoms with Crippen LogP contribution in [0.3, 0.4) is 0 Å². The fourth-order valence-corrected chi connectivity index (χ4v) is 4.48. The summed E-state index contributed by atoms with van der Waals surface area (Å²) in [6.45, 7) is 5.40. The first-order chi connectivity index (χ1) is 9.27. The maximum Gasteiger partial charge on any atom is 0.227 e. The highest BCUT2D eigenvalue weighted by Gasteiger charge is 2.40. The standard InChI is InChI=1S/C16H28N2O/c1-12-8-10-18(15-7-3-2-6-14(12)15)16(19)13-5-4-9-17-11-13/h12-15,17H,2-11H2,1H3/t12?,13-,14?,15?/m0/s1. The number of carbonyl (C=O) groups excluding carboxylic acids is 1. The van der Waals surface area contributed by atoms with Crippen molar-refractivity contribution in [1.82, 2.24) is 10.2 Å². The largest absolute Gasteiger partial charge is 0.339 e. The Bertz CT molecular complexity index is 325. The van der Waals surface area contributed by atoms with E-state index in [4.69, 9.17) is 0 Å². The number of likely N-dealkylation sites (tertiary alicyclic amines) is 1. The first-order valence-electron chi connectivity index (χ1n) is 8.28. The van der Waals surface area contributed by atoms with Crippen molar-refractivity contribution in [3.63, 3.8) is 0 Å². The second-order valence-corrected chi connectivity index (χ2v) is 6.86. The summed E-state index contributed by atoms with van der Waals surface area (Å²) in [5.41, 5.74) is 0. The van der Waals surface area contributed by atoms with Crippen LogP contribution in [0.1, 0.15) is 51.9 Å². The highest BCUT2D eigenvalue weighted by molar-refractivity contribution is 5.79. The zero-order chi connectivity index (χ0) is 13.2. The Morgan fingerprint density at radius 2 is 1.95 bits per heavy atom. The molecular formula is C16H28N2O. The molecule has 3 rings (SSSR count). The van der Waals surface area contributed by atoms with E-state index in [1.807, 2.05) is 0 Å². The van der Waals surface area contributed by atoms with Crippen LogP contribution in [0.15, 0.2) is 0 Å². The van der Waals surface area contributed by atoms with Gasteiger partial charge in [-0.2, -0.15) is 0 Å². The molecule has 0 bridgehead atoms. The van der Waals surface area contributed by atoms with Crippen molar-refractivity contribution >= 4 is 5.91 Å². The van der Waals surface area contributed by atoms with E-state index >= 15 is 0 Å². The van der Waals surface area contributed by atoms with E-state index in [0.29, 0.717) is 11.9 Å². The van der Waals surface area contributed by atoms with Gasteiger partial charge in [-0.15, -0.1) is 0 Å². The summed E-state index contributed by atoms with van der Waals surface area (Å²) in [6, 6.07) is 0.562. The molecule has 0 aromatic heterocycles. The minimum absolute atomic E-state index is 0.254. The van der Waals surface area contributed by atoms with Crippen molar-refractivity contribution in [3.05, 3.63) is 0 Å². The third-order valence-electron chi connectivity index (χ3n) is 5.67. The van der Waals surface area contributed by atoms with E-state index in [1.165, 1.54) is 32.1 Å². The number of amides is 1. The lowest BCUT2D eigenvalue weighted by Crippen LogP contribution is -2.55. The molecule has 1 saturated carbocycles. The molecule has 19 heavy (non-hydrogen) atoms. The Balaban J connectivity index is 1.70. The number of piperidine rings is 2. The Labute approximate surface area is 117 Å². The van der Waals surface area contributed by atoms with Crippen LogP contribution in [0.2, 0.25) is 0 Å². The van der Waals surface area contributed by atoms with E-state index < -0.39 is 0 Å². The monoisotopic (exact) mass is 264 g/mol. The normalized spacial score (nSPS) is 39.7. The summed E-state index contributed by atoms with van der Waals surface area (Å²) in [6.07, 6.45) is 8.76. The predicted octanol–water partition coefficient (Wildman–Crippen LogP) is 2.41. The number of fused-ring (bicyclic) bond motifs is 1. The van der Waals surface area contributed by atoms with Crippen LogP contribution in [0, 0.1) is 17.8 Å². The van der Waals surface area contributed by atoms with E-state index in [9.17, 15) is 4.79 Å². The number of hydrogen-bond donors (Lipinski definition) is 1. The van der Waals surface area contributed by atoms with Crippen LogP contribution >= 0.6 is 0 Å². The molecule has 108 valence electrons. The molecule has 1 aliphatic carbocycles. The molecule has 2 aliphatic heterocycles. The summed E-state index contributed by atoms with van der Waals surface area (Å²) >= 11 is 0. The van der Waals surface area contributed by atoms with Gasteiger partial charge < -0.3 is 10.2 Å². The second kappa shape index (κ2) is 5.82. The van der Waals surface area contributed by atoms with Gasteiger partial charge in [0.25, 0.3) is 0 Å². The van der Waals surface area contributed by atoms with Gasteiger partial charge in [-0.05, 0) is 50.5 Å². The Morgan fingerprint density at radius 3 is 2.74 bits per heavy atom. The summed E-state index contributed by atoms with van der Waals surface area (Å²) in [5.74, 6) is 2.31. The van der Waals surface area contributed by atoms with Crippen LogP contribution in [-0.4, -0.2) is 36.5 Å². The molecule has 3 nitrogen and oxygen atoms in total.